The molecule has 0 spiro atoms. The molecule has 0 bridgehead atoms. The van der Waals surface area contributed by atoms with Crippen LogP contribution in [-0.2, 0) is 32.0 Å². The SMILES string of the molecule is C=C1C(=O)[C@](C)(C(=O)OC)C(CCc2cn(Cc3cccc(OC)c3)nn2)O[C@@H]1C. The van der Waals surface area contributed by atoms with Gasteiger partial charge in [0.2, 0.25) is 0 Å². The summed E-state index contributed by atoms with van der Waals surface area (Å²) in [6, 6.07) is 7.74. The Balaban J connectivity index is 1.70. The number of ether oxygens (including phenoxy) is 3. The van der Waals surface area contributed by atoms with Gasteiger partial charge in [0.15, 0.2) is 11.2 Å². The maximum atomic E-state index is 12.8. The molecule has 0 aliphatic carbocycles. The number of hydrogen-bond donors (Lipinski definition) is 0. The molecule has 1 saturated heterocycles. The Hall–Kier alpha value is -3.00. The van der Waals surface area contributed by atoms with Crippen molar-refractivity contribution in [1.29, 1.82) is 0 Å². The Morgan fingerprint density at radius 1 is 1.37 bits per heavy atom. The Morgan fingerprint density at radius 3 is 2.83 bits per heavy atom. The van der Waals surface area contributed by atoms with Crippen LogP contribution in [0.1, 0.15) is 31.5 Å². The van der Waals surface area contributed by atoms with Crippen LogP contribution < -0.4 is 4.74 Å². The summed E-state index contributed by atoms with van der Waals surface area (Å²) >= 11 is 0. The van der Waals surface area contributed by atoms with E-state index in [-0.39, 0.29) is 11.4 Å². The van der Waals surface area contributed by atoms with Gasteiger partial charge in [0, 0.05) is 11.8 Å². The number of aromatic nitrogens is 3. The molecule has 0 N–H and O–H groups in total. The summed E-state index contributed by atoms with van der Waals surface area (Å²) in [6.45, 7) is 7.65. The van der Waals surface area contributed by atoms with Crippen LogP contribution in [0.25, 0.3) is 0 Å². The summed E-state index contributed by atoms with van der Waals surface area (Å²) in [5.74, 6) is -0.170. The van der Waals surface area contributed by atoms with Crippen molar-refractivity contribution in [2.75, 3.05) is 14.2 Å². The number of esters is 1. The molecule has 160 valence electrons. The lowest BCUT2D eigenvalue weighted by atomic mass is 9.72. The van der Waals surface area contributed by atoms with Gasteiger partial charge in [-0.15, -0.1) is 5.10 Å². The number of aryl methyl sites for hydroxylation is 1. The van der Waals surface area contributed by atoms with Gasteiger partial charge in [-0.3, -0.25) is 9.59 Å². The molecule has 1 aromatic heterocycles. The van der Waals surface area contributed by atoms with E-state index in [1.165, 1.54) is 7.11 Å². The number of carbonyl (C=O) groups excluding carboxylic acids is 2. The Labute approximate surface area is 175 Å². The Bertz CT molecular complexity index is 954. The molecule has 1 fully saturated rings. The van der Waals surface area contributed by atoms with E-state index in [0.29, 0.717) is 19.4 Å². The molecule has 3 rings (SSSR count). The topological polar surface area (TPSA) is 92.5 Å². The van der Waals surface area contributed by atoms with E-state index in [4.69, 9.17) is 14.2 Å². The van der Waals surface area contributed by atoms with Gasteiger partial charge in [0.05, 0.1) is 38.7 Å². The normalized spacial score (nSPS) is 24.0. The van der Waals surface area contributed by atoms with E-state index in [1.807, 2.05) is 30.5 Å². The lowest BCUT2D eigenvalue weighted by Gasteiger charge is -2.41. The van der Waals surface area contributed by atoms with E-state index in [9.17, 15) is 9.59 Å². The highest BCUT2D eigenvalue weighted by Crippen LogP contribution is 2.39. The predicted molar refractivity (Wildman–Crippen MR) is 109 cm³/mol. The average Bonchev–Trinajstić information content (AvgIpc) is 3.20. The van der Waals surface area contributed by atoms with Gasteiger partial charge in [0.1, 0.15) is 5.75 Å². The van der Waals surface area contributed by atoms with Crippen LogP contribution in [0, 0.1) is 5.41 Å². The fourth-order valence-corrected chi connectivity index (χ4v) is 3.69. The number of ketones is 1. The van der Waals surface area contributed by atoms with Crippen LogP contribution in [0.2, 0.25) is 0 Å². The van der Waals surface area contributed by atoms with Crippen molar-refractivity contribution >= 4 is 11.8 Å². The number of benzene rings is 1. The minimum Gasteiger partial charge on any atom is -0.497 e. The molecule has 8 heteroatoms. The van der Waals surface area contributed by atoms with Gasteiger partial charge >= 0.3 is 5.97 Å². The van der Waals surface area contributed by atoms with Gasteiger partial charge in [-0.25, -0.2) is 4.68 Å². The van der Waals surface area contributed by atoms with Crippen LogP contribution in [0.3, 0.4) is 0 Å². The second-order valence-corrected chi connectivity index (χ2v) is 7.61. The van der Waals surface area contributed by atoms with E-state index in [0.717, 1.165) is 17.0 Å². The Morgan fingerprint density at radius 2 is 2.13 bits per heavy atom. The van der Waals surface area contributed by atoms with Crippen molar-refractivity contribution < 1.29 is 23.8 Å². The van der Waals surface area contributed by atoms with Crippen LogP contribution >= 0.6 is 0 Å². The van der Waals surface area contributed by atoms with Gasteiger partial charge < -0.3 is 14.2 Å². The van der Waals surface area contributed by atoms with Crippen molar-refractivity contribution in [3.63, 3.8) is 0 Å². The molecule has 1 aliphatic rings. The second kappa shape index (κ2) is 8.79. The third-order valence-electron chi connectivity index (χ3n) is 5.60. The highest BCUT2D eigenvalue weighted by molar-refractivity contribution is 6.13. The second-order valence-electron chi connectivity index (χ2n) is 7.61. The van der Waals surface area contributed by atoms with E-state index in [2.05, 4.69) is 16.9 Å². The number of nitrogens with zero attached hydrogens (tertiary/aromatic N) is 3. The van der Waals surface area contributed by atoms with Gasteiger partial charge in [-0.05, 0) is 44.4 Å². The van der Waals surface area contributed by atoms with Crippen LogP contribution in [0.15, 0.2) is 42.6 Å². The first kappa shape index (κ1) is 21.7. The molecule has 30 heavy (non-hydrogen) atoms. The third kappa shape index (κ3) is 4.14. The summed E-state index contributed by atoms with van der Waals surface area (Å²) in [5, 5.41) is 8.39. The van der Waals surface area contributed by atoms with Crippen molar-refractivity contribution in [2.45, 2.75) is 45.4 Å². The minimum atomic E-state index is -1.42. The zero-order valence-electron chi connectivity index (χ0n) is 17.8. The van der Waals surface area contributed by atoms with Crippen molar-refractivity contribution in [1.82, 2.24) is 15.0 Å². The third-order valence-corrected chi connectivity index (χ3v) is 5.60. The number of rotatable bonds is 7. The maximum absolute atomic E-state index is 12.8. The molecule has 1 unspecified atom stereocenters. The molecule has 1 aromatic carbocycles. The molecule has 3 atom stereocenters. The zero-order chi connectivity index (χ0) is 21.9. The van der Waals surface area contributed by atoms with Gasteiger partial charge in [0.25, 0.3) is 0 Å². The molecule has 8 nitrogen and oxygen atoms in total. The molecule has 2 heterocycles. The van der Waals surface area contributed by atoms with Crippen molar-refractivity contribution in [3.05, 3.63) is 53.9 Å². The summed E-state index contributed by atoms with van der Waals surface area (Å²) in [4.78, 5) is 25.2. The first-order valence-electron chi connectivity index (χ1n) is 9.79. The molecule has 0 radical (unpaired) electrons. The molecule has 2 aromatic rings. The van der Waals surface area contributed by atoms with Crippen molar-refractivity contribution in [2.24, 2.45) is 5.41 Å². The van der Waals surface area contributed by atoms with E-state index in [1.54, 1.807) is 25.6 Å². The standard InChI is InChI=1S/C22H27N3O5/c1-14-15(2)30-19(22(3,20(14)26)21(27)29-5)10-9-17-13-25(24-23-17)12-16-7-6-8-18(11-16)28-4/h6-8,11,13,15,19H,1,9-10,12H2,2-5H3/t15-,19?,22-/m1/s1. The first-order valence-corrected chi connectivity index (χ1v) is 9.79. The van der Waals surface area contributed by atoms with E-state index < -0.39 is 23.6 Å². The van der Waals surface area contributed by atoms with E-state index >= 15 is 0 Å². The molecule has 0 saturated carbocycles. The highest BCUT2D eigenvalue weighted by atomic mass is 16.5. The van der Waals surface area contributed by atoms with Crippen LogP contribution in [0.5, 0.6) is 5.75 Å². The summed E-state index contributed by atoms with van der Waals surface area (Å²) in [6.07, 6.45) is 1.68. The average molecular weight is 413 g/mol. The highest BCUT2D eigenvalue weighted by Gasteiger charge is 2.54. The number of hydrogen-bond acceptors (Lipinski definition) is 7. The lowest BCUT2D eigenvalue weighted by Crippen LogP contribution is -2.55. The van der Waals surface area contributed by atoms with Gasteiger partial charge in [-0.2, -0.15) is 0 Å². The van der Waals surface area contributed by atoms with Crippen LogP contribution in [-0.4, -0.2) is 53.2 Å². The zero-order valence-corrected chi connectivity index (χ0v) is 17.8. The summed E-state index contributed by atoms with van der Waals surface area (Å²) < 4.78 is 17.8. The fourth-order valence-electron chi connectivity index (χ4n) is 3.69. The number of Topliss-reactive ketones (excluding diaryl/α,β-unsaturated/α-hetero) is 1. The molecular formula is C22H27N3O5. The lowest BCUT2D eigenvalue weighted by molar-refractivity contribution is -0.175. The molecular weight excluding hydrogens is 386 g/mol. The summed E-state index contributed by atoms with van der Waals surface area (Å²) in [5.41, 5.74) is 0.647. The predicted octanol–water partition coefficient (Wildman–Crippen LogP) is 2.36. The van der Waals surface area contributed by atoms with Gasteiger partial charge in [-0.1, -0.05) is 23.9 Å². The smallest absolute Gasteiger partial charge is 0.322 e. The monoisotopic (exact) mass is 413 g/mol. The van der Waals surface area contributed by atoms with Crippen LogP contribution in [0.4, 0.5) is 0 Å². The number of methoxy groups -OCH3 is 2. The largest absolute Gasteiger partial charge is 0.497 e. The molecule has 1 aliphatic heterocycles. The minimum absolute atomic E-state index is 0.281. The summed E-state index contributed by atoms with van der Waals surface area (Å²) in [7, 11) is 2.89. The maximum Gasteiger partial charge on any atom is 0.322 e. The Kier molecular flexibility index (Phi) is 6.36. The quantitative estimate of drug-likeness (QED) is 0.391. The first-order chi connectivity index (χ1) is 14.3. The van der Waals surface area contributed by atoms with Crippen molar-refractivity contribution in [3.8, 4) is 5.75 Å². The molecule has 0 amide bonds. The number of carbonyl (C=O) groups is 2. The fraction of sp³-hybridized carbons (Fsp3) is 0.455.